The van der Waals surface area contributed by atoms with Crippen LogP contribution in [0.5, 0.6) is 0 Å². The Morgan fingerprint density at radius 3 is 2.26 bits per heavy atom. The molecule has 2 aliphatic rings. The molecule has 1 heterocycles. The lowest BCUT2D eigenvalue weighted by Gasteiger charge is -2.35. The summed E-state index contributed by atoms with van der Waals surface area (Å²) in [6.45, 7) is 1.70. The van der Waals surface area contributed by atoms with E-state index in [1.54, 1.807) is 24.3 Å². The van der Waals surface area contributed by atoms with Crippen LogP contribution in [0.15, 0.2) is 33.6 Å². The number of amides is 1. The Morgan fingerprint density at radius 2 is 1.65 bits per heavy atom. The molecule has 0 bridgehead atoms. The van der Waals surface area contributed by atoms with Crippen LogP contribution in [0.2, 0.25) is 0 Å². The van der Waals surface area contributed by atoms with E-state index in [1.165, 1.54) is 4.31 Å². The summed E-state index contributed by atoms with van der Waals surface area (Å²) < 4.78 is 27.5. The molecule has 1 saturated heterocycles. The zero-order valence-electron chi connectivity index (χ0n) is 12.9. The summed E-state index contributed by atoms with van der Waals surface area (Å²) in [5.41, 5.74) is 0. The first kappa shape index (κ1) is 16.9. The highest BCUT2D eigenvalue weighted by Gasteiger charge is 2.33. The van der Waals surface area contributed by atoms with Crippen molar-refractivity contribution >= 4 is 31.9 Å². The van der Waals surface area contributed by atoms with Gasteiger partial charge in [-0.15, -0.1) is 0 Å². The molecule has 1 aliphatic carbocycles. The minimum Gasteiger partial charge on any atom is -0.340 e. The number of benzene rings is 1. The van der Waals surface area contributed by atoms with Gasteiger partial charge in [0.1, 0.15) is 0 Å². The van der Waals surface area contributed by atoms with Gasteiger partial charge in [0, 0.05) is 36.6 Å². The number of piperazine rings is 1. The Labute approximate surface area is 145 Å². The van der Waals surface area contributed by atoms with Gasteiger partial charge in [-0.05, 0) is 40.9 Å². The van der Waals surface area contributed by atoms with Crippen molar-refractivity contribution in [1.29, 1.82) is 0 Å². The Hall–Kier alpha value is -0.920. The van der Waals surface area contributed by atoms with Gasteiger partial charge in [0.05, 0.1) is 4.90 Å². The molecule has 1 aromatic carbocycles. The quantitative estimate of drug-likeness (QED) is 0.782. The Bertz CT molecular complexity index is 678. The second kappa shape index (κ2) is 6.91. The molecule has 23 heavy (non-hydrogen) atoms. The van der Waals surface area contributed by atoms with Gasteiger partial charge in [0.2, 0.25) is 15.9 Å². The Morgan fingerprint density at radius 1 is 1.04 bits per heavy atom. The van der Waals surface area contributed by atoms with Crippen LogP contribution in [0.25, 0.3) is 0 Å². The molecule has 1 aliphatic heterocycles. The van der Waals surface area contributed by atoms with E-state index >= 15 is 0 Å². The molecule has 0 radical (unpaired) electrons. The van der Waals surface area contributed by atoms with Crippen LogP contribution >= 0.6 is 15.9 Å². The molecule has 2 fully saturated rings. The van der Waals surface area contributed by atoms with Crippen LogP contribution in [-0.4, -0.2) is 49.7 Å². The third-order valence-electron chi connectivity index (χ3n) is 4.71. The van der Waals surface area contributed by atoms with E-state index in [4.69, 9.17) is 0 Å². The average Bonchev–Trinajstić information content (AvgIpc) is 3.09. The van der Waals surface area contributed by atoms with Crippen molar-refractivity contribution in [3.8, 4) is 0 Å². The van der Waals surface area contributed by atoms with Crippen LogP contribution in [0.3, 0.4) is 0 Å². The number of carbonyl (C=O) groups excluding carboxylic acids is 1. The van der Waals surface area contributed by atoms with Gasteiger partial charge in [-0.3, -0.25) is 4.79 Å². The van der Waals surface area contributed by atoms with E-state index in [2.05, 4.69) is 15.9 Å². The molecule has 1 amide bonds. The largest absolute Gasteiger partial charge is 0.340 e. The first-order valence-electron chi connectivity index (χ1n) is 8.03. The topological polar surface area (TPSA) is 57.7 Å². The summed E-state index contributed by atoms with van der Waals surface area (Å²) in [5, 5.41) is 0. The molecular weight excluding hydrogens is 380 g/mol. The third-order valence-corrected chi connectivity index (χ3v) is 7.62. The summed E-state index contributed by atoms with van der Waals surface area (Å²) in [4.78, 5) is 14.6. The van der Waals surface area contributed by atoms with E-state index in [9.17, 15) is 13.2 Å². The molecule has 3 rings (SSSR count). The van der Waals surface area contributed by atoms with Gasteiger partial charge in [0.15, 0.2) is 0 Å². The number of hydrogen-bond acceptors (Lipinski definition) is 3. The minimum atomic E-state index is -3.51. The second-order valence-corrected chi connectivity index (χ2v) is 8.90. The van der Waals surface area contributed by atoms with Gasteiger partial charge in [-0.1, -0.05) is 25.0 Å². The Kier molecular flexibility index (Phi) is 5.08. The molecule has 7 heteroatoms. The summed E-state index contributed by atoms with van der Waals surface area (Å²) in [6, 6.07) is 6.85. The monoisotopic (exact) mass is 400 g/mol. The van der Waals surface area contributed by atoms with E-state index in [1.807, 2.05) is 4.90 Å². The van der Waals surface area contributed by atoms with E-state index in [0.717, 1.165) is 25.7 Å². The lowest BCUT2D eigenvalue weighted by molar-refractivity contribution is -0.136. The second-order valence-electron chi connectivity index (χ2n) is 6.14. The lowest BCUT2D eigenvalue weighted by atomic mass is 10.1. The van der Waals surface area contributed by atoms with Gasteiger partial charge < -0.3 is 4.90 Å². The van der Waals surface area contributed by atoms with Gasteiger partial charge >= 0.3 is 0 Å². The molecule has 1 saturated carbocycles. The van der Waals surface area contributed by atoms with Crippen molar-refractivity contribution in [3.63, 3.8) is 0 Å². The number of nitrogens with zero attached hydrogens (tertiary/aromatic N) is 2. The van der Waals surface area contributed by atoms with Crippen LogP contribution in [0.1, 0.15) is 25.7 Å². The van der Waals surface area contributed by atoms with Crippen molar-refractivity contribution < 1.29 is 13.2 Å². The first-order valence-corrected chi connectivity index (χ1v) is 10.3. The summed E-state index contributed by atoms with van der Waals surface area (Å²) >= 11 is 3.31. The average molecular weight is 401 g/mol. The van der Waals surface area contributed by atoms with Crippen molar-refractivity contribution in [2.75, 3.05) is 26.2 Å². The number of sulfonamides is 1. The molecule has 0 spiro atoms. The predicted octanol–water partition coefficient (Wildman–Crippen LogP) is 2.47. The van der Waals surface area contributed by atoms with E-state index < -0.39 is 10.0 Å². The van der Waals surface area contributed by atoms with E-state index in [-0.39, 0.29) is 16.7 Å². The fraction of sp³-hybridized carbons (Fsp3) is 0.562. The summed E-state index contributed by atoms with van der Waals surface area (Å²) in [6.07, 6.45) is 4.22. The maximum absolute atomic E-state index is 12.7. The van der Waals surface area contributed by atoms with Crippen LogP contribution in [0, 0.1) is 5.92 Å². The summed E-state index contributed by atoms with van der Waals surface area (Å²) in [7, 11) is -3.51. The number of carbonyl (C=O) groups is 1. The van der Waals surface area contributed by atoms with Crippen LogP contribution < -0.4 is 0 Å². The van der Waals surface area contributed by atoms with Crippen LogP contribution in [0.4, 0.5) is 0 Å². The molecule has 126 valence electrons. The van der Waals surface area contributed by atoms with Gasteiger partial charge in [-0.2, -0.15) is 4.31 Å². The van der Waals surface area contributed by atoms with Gasteiger partial charge in [0.25, 0.3) is 0 Å². The molecule has 0 atom stereocenters. The lowest BCUT2D eigenvalue weighted by Crippen LogP contribution is -2.51. The molecule has 0 aromatic heterocycles. The van der Waals surface area contributed by atoms with Crippen molar-refractivity contribution in [3.05, 3.63) is 28.7 Å². The predicted molar refractivity (Wildman–Crippen MR) is 91.4 cm³/mol. The van der Waals surface area contributed by atoms with Crippen molar-refractivity contribution in [1.82, 2.24) is 9.21 Å². The van der Waals surface area contributed by atoms with Gasteiger partial charge in [-0.25, -0.2) is 8.42 Å². The Balaban J connectivity index is 1.66. The zero-order chi connectivity index (χ0) is 16.4. The SMILES string of the molecule is O=C(C1CCCC1)N1CCN(S(=O)(=O)c2ccccc2Br)CC1. The number of rotatable bonds is 3. The normalized spacial score (nSPS) is 20.8. The summed E-state index contributed by atoms with van der Waals surface area (Å²) in [5.74, 6) is 0.363. The van der Waals surface area contributed by atoms with Crippen molar-refractivity contribution in [2.45, 2.75) is 30.6 Å². The molecule has 0 unspecified atom stereocenters. The maximum Gasteiger partial charge on any atom is 0.244 e. The highest BCUT2D eigenvalue weighted by atomic mass is 79.9. The van der Waals surface area contributed by atoms with Crippen molar-refractivity contribution in [2.24, 2.45) is 5.92 Å². The number of halogens is 1. The highest BCUT2D eigenvalue weighted by Crippen LogP contribution is 2.28. The standard InChI is InChI=1S/C16H21BrN2O3S/c17-14-7-3-4-8-15(14)23(21,22)19-11-9-18(10-12-19)16(20)13-5-1-2-6-13/h3-4,7-8,13H,1-2,5-6,9-12H2. The van der Waals surface area contributed by atoms with Crippen LogP contribution in [-0.2, 0) is 14.8 Å². The van der Waals surface area contributed by atoms with E-state index in [0.29, 0.717) is 30.7 Å². The first-order chi connectivity index (χ1) is 11.0. The smallest absolute Gasteiger partial charge is 0.244 e. The number of hydrogen-bond donors (Lipinski definition) is 0. The third kappa shape index (κ3) is 3.46. The molecule has 0 N–H and O–H groups in total. The molecule has 1 aromatic rings. The zero-order valence-corrected chi connectivity index (χ0v) is 15.4. The fourth-order valence-electron chi connectivity index (χ4n) is 3.37. The molecular formula is C16H21BrN2O3S. The molecule has 5 nitrogen and oxygen atoms in total. The fourth-order valence-corrected chi connectivity index (χ4v) is 5.76. The minimum absolute atomic E-state index is 0.154. The highest BCUT2D eigenvalue weighted by molar-refractivity contribution is 9.10. The maximum atomic E-state index is 12.7.